The number of phenolic OH excluding ortho intramolecular Hbond substituents is 1. The summed E-state index contributed by atoms with van der Waals surface area (Å²) in [6, 6.07) is 5.71. The average Bonchev–Trinajstić information content (AvgIpc) is 2.52. The van der Waals surface area contributed by atoms with Gasteiger partial charge >= 0.3 is 0 Å². The van der Waals surface area contributed by atoms with Gasteiger partial charge in [0.15, 0.2) is 11.5 Å². The van der Waals surface area contributed by atoms with E-state index in [1.165, 1.54) is 32.1 Å². The number of ether oxygens (including phenoxy) is 1. The summed E-state index contributed by atoms with van der Waals surface area (Å²) in [5, 5.41) is 13.7. The predicted octanol–water partition coefficient (Wildman–Crippen LogP) is 3.95. The molecule has 0 unspecified atom stereocenters. The van der Waals surface area contributed by atoms with Crippen molar-refractivity contribution in [1.29, 1.82) is 0 Å². The second-order valence-electron chi connectivity index (χ2n) is 5.75. The summed E-state index contributed by atoms with van der Waals surface area (Å²) in [4.78, 5) is 0. The number of thioether (sulfide) groups is 1. The van der Waals surface area contributed by atoms with Crippen LogP contribution >= 0.6 is 11.8 Å². The lowest BCUT2D eigenvalue weighted by atomic mass is 9.88. The van der Waals surface area contributed by atoms with Crippen LogP contribution < -0.4 is 10.1 Å². The molecule has 0 saturated heterocycles. The Hall–Kier alpha value is -0.870. The van der Waals surface area contributed by atoms with E-state index in [1.54, 1.807) is 0 Å². The Morgan fingerprint density at radius 2 is 2.05 bits per heavy atom. The van der Waals surface area contributed by atoms with E-state index < -0.39 is 0 Å². The normalized spacial score (nSPS) is 17.6. The molecule has 0 heterocycles. The van der Waals surface area contributed by atoms with Crippen LogP contribution in [0.2, 0.25) is 0 Å². The van der Waals surface area contributed by atoms with Gasteiger partial charge in [-0.2, -0.15) is 11.8 Å². The molecular weight excluding hydrogens is 282 g/mol. The Bertz CT molecular complexity index is 444. The fourth-order valence-corrected chi connectivity index (χ4v) is 4.00. The van der Waals surface area contributed by atoms with Crippen LogP contribution in [0.5, 0.6) is 11.5 Å². The Morgan fingerprint density at radius 1 is 1.29 bits per heavy atom. The third-order valence-corrected chi connectivity index (χ3v) is 5.76. The largest absolute Gasteiger partial charge is 0.504 e. The molecule has 1 fully saturated rings. The Balaban J connectivity index is 1.92. The summed E-state index contributed by atoms with van der Waals surface area (Å²) in [7, 11) is 0. The highest BCUT2D eigenvalue weighted by atomic mass is 32.2. The zero-order valence-electron chi connectivity index (χ0n) is 13.2. The number of nitrogens with one attached hydrogen (secondary N) is 1. The molecule has 21 heavy (non-hydrogen) atoms. The molecule has 3 nitrogen and oxygen atoms in total. The first-order valence-electron chi connectivity index (χ1n) is 7.90. The third-order valence-electron chi connectivity index (χ3n) is 4.34. The first kappa shape index (κ1) is 16.5. The molecule has 0 atom stereocenters. The topological polar surface area (TPSA) is 41.5 Å². The number of hydrogen-bond donors (Lipinski definition) is 2. The van der Waals surface area contributed by atoms with Crippen molar-refractivity contribution < 1.29 is 9.84 Å². The van der Waals surface area contributed by atoms with Crippen molar-refractivity contribution in [3.05, 3.63) is 23.8 Å². The van der Waals surface area contributed by atoms with Crippen LogP contribution in [0.1, 0.15) is 44.6 Å². The monoisotopic (exact) mass is 309 g/mol. The van der Waals surface area contributed by atoms with Crippen molar-refractivity contribution in [2.45, 2.75) is 50.3 Å². The van der Waals surface area contributed by atoms with Gasteiger partial charge in [0.1, 0.15) is 0 Å². The minimum absolute atomic E-state index is 0.272. The summed E-state index contributed by atoms with van der Waals surface area (Å²) in [5.74, 6) is 0.850. The van der Waals surface area contributed by atoms with Crippen molar-refractivity contribution in [3.8, 4) is 11.5 Å². The molecule has 1 aromatic carbocycles. The lowest BCUT2D eigenvalue weighted by Gasteiger charge is -2.36. The van der Waals surface area contributed by atoms with Crippen molar-refractivity contribution in [2.75, 3.05) is 19.4 Å². The maximum Gasteiger partial charge on any atom is 0.162 e. The van der Waals surface area contributed by atoms with Crippen LogP contribution in [0.3, 0.4) is 0 Å². The lowest BCUT2D eigenvalue weighted by molar-refractivity contribution is 0.316. The SMILES string of the molecule is CCOc1cccc(CNCC2(SC)CCCCC2)c1O. The van der Waals surface area contributed by atoms with E-state index in [0.717, 1.165) is 12.1 Å². The summed E-state index contributed by atoms with van der Waals surface area (Å²) in [6.07, 6.45) is 8.87. The van der Waals surface area contributed by atoms with E-state index in [1.807, 2.05) is 36.9 Å². The molecule has 1 aliphatic rings. The van der Waals surface area contributed by atoms with Crippen LogP contribution in [0.4, 0.5) is 0 Å². The average molecular weight is 309 g/mol. The molecule has 0 aromatic heterocycles. The first-order valence-corrected chi connectivity index (χ1v) is 9.13. The fourth-order valence-electron chi connectivity index (χ4n) is 3.06. The van der Waals surface area contributed by atoms with Crippen molar-refractivity contribution in [3.63, 3.8) is 0 Å². The molecule has 1 aromatic rings. The van der Waals surface area contributed by atoms with Gasteiger partial charge in [0.25, 0.3) is 0 Å². The highest BCUT2D eigenvalue weighted by molar-refractivity contribution is 8.00. The van der Waals surface area contributed by atoms with E-state index in [4.69, 9.17) is 4.74 Å². The Labute approximate surface area is 132 Å². The number of benzene rings is 1. The van der Waals surface area contributed by atoms with Crippen LogP contribution in [0.15, 0.2) is 18.2 Å². The highest BCUT2D eigenvalue weighted by Crippen LogP contribution is 2.38. The highest BCUT2D eigenvalue weighted by Gasteiger charge is 2.30. The summed E-state index contributed by atoms with van der Waals surface area (Å²) in [6.45, 7) is 4.19. The first-order chi connectivity index (χ1) is 10.2. The van der Waals surface area contributed by atoms with E-state index >= 15 is 0 Å². The van der Waals surface area contributed by atoms with Gasteiger partial charge < -0.3 is 15.2 Å². The molecule has 4 heteroatoms. The van der Waals surface area contributed by atoms with Crippen LogP contribution in [-0.4, -0.2) is 29.3 Å². The standard InChI is InChI=1S/C17H27NO2S/c1-3-20-15-9-7-8-14(16(15)19)12-18-13-17(21-2)10-5-4-6-11-17/h7-9,18-19H,3-6,10-13H2,1-2H3. The number of aromatic hydroxyl groups is 1. The van der Waals surface area contributed by atoms with Crippen molar-refractivity contribution >= 4 is 11.8 Å². The van der Waals surface area contributed by atoms with Gasteiger partial charge in [-0.05, 0) is 32.1 Å². The number of phenols is 1. The van der Waals surface area contributed by atoms with Gasteiger partial charge in [-0.1, -0.05) is 31.4 Å². The van der Waals surface area contributed by atoms with Crippen LogP contribution in [-0.2, 0) is 6.54 Å². The van der Waals surface area contributed by atoms with Gasteiger partial charge in [-0.3, -0.25) is 0 Å². The Kier molecular flexibility index (Phi) is 6.24. The molecule has 0 aliphatic heterocycles. The molecule has 0 spiro atoms. The van der Waals surface area contributed by atoms with Crippen LogP contribution in [0.25, 0.3) is 0 Å². The zero-order valence-corrected chi connectivity index (χ0v) is 14.0. The number of para-hydroxylation sites is 1. The number of rotatable bonds is 7. The van der Waals surface area contributed by atoms with Gasteiger partial charge in [0.05, 0.1) is 6.61 Å². The van der Waals surface area contributed by atoms with E-state index in [0.29, 0.717) is 23.6 Å². The second kappa shape index (κ2) is 7.95. The smallest absolute Gasteiger partial charge is 0.162 e. The van der Waals surface area contributed by atoms with Gasteiger partial charge in [0.2, 0.25) is 0 Å². The molecule has 118 valence electrons. The maximum atomic E-state index is 10.2. The summed E-state index contributed by atoms with van der Waals surface area (Å²) >= 11 is 1.99. The molecular formula is C17H27NO2S. The number of hydrogen-bond acceptors (Lipinski definition) is 4. The second-order valence-corrected chi connectivity index (χ2v) is 7.02. The molecule has 1 aliphatic carbocycles. The summed E-state index contributed by atoms with van der Waals surface area (Å²) in [5.41, 5.74) is 0.910. The predicted molar refractivity (Wildman–Crippen MR) is 90.3 cm³/mol. The molecule has 0 radical (unpaired) electrons. The van der Waals surface area contributed by atoms with Gasteiger partial charge in [-0.25, -0.2) is 0 Å². The zero-order chi connectivity index (χ0) is 15.1. The molecule has 2 rings (SSSR count). The minimum atomic E-state index is 0.272. The molecule has 0 bridgehead atoms. The summed E-state index contributed by atoms with van der Waals surface area (Å²) < 4.78 is 5.81. The van der Waals surface area contributed by atoms with Gasteiger partial charge in [0, 0.05) is 23.4 Å². The minimum Gasteiger partial charge on any atom is -0.504 e. The van der Waals surface area contributed by atoms with E-state index in [-0.39, 0.29) is 5.75 Å². The van der Waals surface area contributed by atoms with E-state index in [9.17, 15) is 5.11 Å². The molecule has 0 amide bonds. The third kappa shape index (κ3) is 4.30. The fraction of sp³-hybridized carbons (Fsp3) is 0.647. The Morgan fingerprint density at radius 3 is 2.71 bits per heavy atom. The lowest BCUT2D eigenvalue weighted by Crippen LogP contribution is -2.39. The van der Waals surface area contributed by atoms with Gasteiger partial charge in [-0.15, -0.1) is 0 Å². The van der Waals surface area contributed by atoms with Crippen molar-refractivity contribution in [2.24, 2.45) is 0 Å². The van der Waals surface area contributed by atoms with E-state index in [2.05, 4.69) is 11.6 Å². The molecule has 1 saturated carbocycles. The maximum absolute atomic E-state index is 10.2. The molecule has 2 N–H and O–H groups in total. The van der Waals surface area contributed by atoms with Crippen molar-refractivity contribution in [1.82, 2.24) is 5.32 Å². The van der Waals surface area contributed by atoms with Crippen LogP contribution in [0, 0.1) is 0 Å². The quantitative estimate of drug-likeness (QED) is 0.800.